The summed E-state index contributed by atoms with van der Waals surface area (Å²) in [5, 5.41) is 5.63. The molecule has 0 aliphatic heterocycles. The standard InChI is InChI=1S/C18H28N2O2/c1-12(2)11-19-16(21)18(5,6)17(22)20-15-9-7-14(8-10-15)13(3)4/h7-10,12-13H,11H2,1-6H3,(H,19,21)(H,20,22). The molecule has 0 saturated heterocycles. The molecule has 0 aliphatic rings. The van der Waals surface area contributed by atoms with Gasteiger partial charge in [0.15, 0.2) is 0 Å². The Bertz CT molecular complexity index is 516. The van der Waals surface area contributed by atoms with Crippen LogP contribution in [-0.2, 0) is 9.59 Å². The highest BCUT2D eigenvalue weighted by Gasteiger charge is 2.35. The van der Waals surface area contributed by atoms with Crippen LogP contribution in [0, 0.1) is 11.3 Å². The molecule has 22 heavy (non-hydrogen) atoms. The smallest absolute Gasteiger partial charge is 0.239 e. The topological polar surface area (TPSA) is 58.2 Å². The zero-order chi connectivity index (χ0) is 16.9. The molecule has 0 bridgehead atoms. The van der Waals surface area contributed by atoms with E-state index < -0.39 is 5.41 Å². The minimum atomic E-state index is -1.11. The highest BCUT2D eigenvalue weighted by molar-refractivity contribution is 6.09. The number of benzene rings is 1. The SMILES string of the molecule is CC(C)CNC(=O)C(C)(C)C(=O)Nc1ccc(C(C)C)cc1. The maximum absolute atomic E-state index is 12.4. The molecule has 0 heterocycles. The fourth-order valence-electron chi connectivity index (χ4n) is 1.86. The molecule has 4 nitrogen and oxygen atoms in total. The van der Waals surface area contributed by atoms with Crippen LogP contribution >= 0.6 is 0 Å². The third kappa shape index (κ3) is 4.86. The van der Waals surface area contributed by atoms with Crippen molar-refractivity contribution in [1.29, 1.82) is 0 Å². The summed E-state index contributed by atoms with van der Waals surface area (Å²) in [6.07, 6.45) is 0. The Morgan fingerprint density at radius 3 is 2.00 bits per heavy atom. The third-order valence-electron chi connectivity index (χ3n) is 3.64. The third-order valence-corrected chi connectivity index (χ3v) is 3.64. The maximum atomic E-state index is 12.4. The summed E-state index contributed by atoms with van der Waals surface area (Å²) in [6, 6.07) is 7.73. The van der Waals surface area contributed by atoms with Crippen LogP contribution in [0.2, 0.25) is 0 Å². The predicted molar refractivity (Wildman–Crippen MR) is 90.8 cm³/mol. The molecule has 2 amide bonds. The van der Waals surface area contributed by atoms with Crippen LogP contribution in [0.5, 0.6) is 0 Å². The van der Waals surface area contributed by atoms with E-state index in [0.717, 1.165) is 0 Å². The average molecular weight is 304 g/mol. The Hall–Kier alpha value is -1.84. The first-order chi connectivity index (χ1) is 10.1. The monoisotopic (exact) mass is 304 g/mol. The van der Waals surface area contributed by atoms with E-state index in [-0.39, 0.29) is 11.8 Å². The van der Waals surface area contributed by atoms with Gasteiger partial charge in [-0.2, -0.15) is 0 Å². The van der Waals surface area contributed by atoms with Gasteiger partial charge in [0.25, 0.3) is 0 Å². The van der Waals surface area contributed by atoms with Crippen molar-refractivity contribution >= 4 is 17.5 Å². The molecule has 0 aliphatic carbocycles. The zero-order valence-electron chi connectivity index (χ0n) is 14.5. The Labute approximate surface area is 133 Å². The normalized spacial score (nSPS) is 11.6. The Morgan fingerprint density at radius 2 is 1.55 bits per heavy atom. The molecule has 0 spiro atoms. The Morgan fingerprint density at radius 1 is 1.00 bits per heavy atom. The van der Waals surface area contributed by atoms with Gasteiger partial charge >= 0.3 is 0 Å². The second kappa shape index (κ2) is 7.43. The van der Waals surface area contributed by atoms with Crippen LogP contribution < -0.4 is 10.6 Å². The molecule has 1 rings (SSSR count). The van der Waals surface area contributed by atoms with Crippen molar-refractivity contribution in [2.24, 2.45) is 11.3 Å². The summed E-state index contributed by atoms with van der Waals surface area (Å²) in [5.74, 6) is 0.248. The summed E-state index contributed by atoms with van der Waals surface area (Å²) in [5.41, 5.74) is 0.817. The second-order valence-corrected chi connectivity index (χ2v) is 6.96. The summed E-state index contributed by atoms with van der Waals surface area (Å²) in [7, 11) is 0. The van der Waals surface area contributed by atoms with Gasteiger partial charge in [0.2, 0.25) is 11.8 Å². The molecular formula is C18H28N2O2. The quantitative estimate of drug-likeness (QED) is 0.790. The van der Waals surface area contributed by atoms with Gasteiger partial charge < -0.3 is 10.6 Å². The van der Waals surface area contributed by atoms with Crippen molar-refractivity contribution < 1.29 is 9.59 Å². The number of carbonyl (C=O) groups excluding carboxylic acids is 2. The van der Waals surface area contributed by atoms with E-state index in [4.69, 9.17) is 0 Å². The van der Waals surface area contributed by atoms with E-state index >= 15 is 0 Å². The lowest BCUT2D eigenvalue weighted by molar-refractivity contribution is -0.138. The van der Waals surface area contributed by atoms with Gasteiger partial charge in [0.05, 0.1) is 0 Å². The van der Waals surface area contributed by atoms with Gasteiger partial charge in [0, 0.05) is 12.2 Å². The summed E-state index contributed by atoms with van der Waals surface area (Å²) >= 11 is 0. The Kier molecular flexibility index (Phi) is 6.15. The van der Waals surface area contributed by atoms with Crippen molar-refractivity contribution in [3.63, 3.8) is 0 Å². The van der Waals surface area contributed by atoms with E-state index in [1.807, 2.05) is 38.1 Å². The van der Waals surface area contributed by atoms with E-state index in [1.165, 1.54) is 5.56 Å². The molecule has 1 aromatic rings. The van der Waals surface area contributed by atoms with Crippen molar-refractivity contribution in [3.05, 3.63) is 29.8 Å². The maximum Gasteiger partial charge on any atom is 0.239 e. The molecule has 0 fully saturated rings. The lowest BCUT2D eigenvalue weighted by atomic mass is 9.90. The molecular weight excluding hydrogens is 276 g/mol. The van der Waals surface area contributed by atoms with Crippen LogP contribution in [0.15, 0.2) is 24.3 Å². The van der Waals surface area contributed by atoms with Gasteiger partial charge in [-0.15, -0.1) is 0 Å². The fourth-order valence-corrected chi connectivity index (χ4v) is 1.86. The number of hydrogen-bond donors (Lipinski definition) is 2. The molecule has 2 N–H and O–H groups in total. The minimum absolute atomic E-state index is 0.252. The van der Waals surface area contributed by atoms with Gasteiger partial charge in [-0.25, -0.2) is 0 Å². The number of rotatable bonds is 6. The van der Waals surface area contributed by atoms with Crippen LogP contribution in [0.3, 0.4) is 0 Å². The van der Waals surface area contributed by atoms with Crippen molar-refractivity contribution in [3.8, 4) is 0 Å². The van der Waals surface area contributed by atoms with Gasteiger partial charge in [-0.3, -0.25) is 9.59 Å². The van der Waals surface area contributed by atoms with Crippen molar-refractivity contribution in [2.45, 2.75) is 47.5 Å². The molecule has 0 radical (unpaired) electrons. The van der Waals surface area contributed by atoms with Crippen molar-refractivity contribution in [2.75, 3.05) is 11.9 Å². The average Bonchev–Trinajstić information content (AvgIpc) is 2.44. The van der Waals surface area contributed by atoms with Crippen LogP contribution in [-0.4, -0.2) is 18.4 Å². The van der Waals surface area contributed by atoms with Crippen LogP contribution in [0.1, 0.15) is 53.0 Å². The first-order valence-corrected chi connectivity index (χ1v) is 7.84. The van der Waals surface area contributed by atoms with E-state index in [1.54, 1.807) is 13.8 Å². The van der Waals surface area contributed by atoms with E-state index in [2.05, 4.69) is 24.5 Å². The Balaban J connectivity index is 2.71. The first-order valence-electron chi connectivity index (χ1n) is 7.84. The van der Waals surface area contributed by atoms with Gasteiger partial charge in [-0.1, -0.05) is 39.8 Å². The van der Waals surface area contributed by atoms with Gasteiger partial charge in [0.1, 0.15) is 5.41 Å². The molecule has 122 valence electrons. The lowest BCUT2D eigenvalue weighted by Gasteiger charge is -2.23. The number of amides is 2. The predicted octanol–water partition coefficient (Wildman–Crippen LogP) is 3.55. The molecule has 0 atom stereocenters. The van der Waals surface area contributed by atoms with E-state index in [0.29, 0.717) is 24.1 Å². The highest BCUT2D eigenvalue weighted by atomic mass is 16.2. The lowest BCUT2D eigenvalue weighted by Crippen LogP contribution is -2.46. The number of hydrogen-bond acceptors (Lipinski definition) is 2. The molecule has 4 heteroatoms. The number of carbonyl (C=O) groups is 2. The minimum Gasteiger partial charge on any atom is -0.355 e. The summed E-state index contributed by atoms with van der Waals surface area (Å²) < 4.78 is 0. The highest BCUT2D eigenvalue weighted by Crippen LogP contribution is 2.21. The summed E-state index contributed by atoms with van der Waals surface area (Å²) in [4.78, 5) is 24.5. The number of nitrogens with one attached hydrogen (secondary N) is 2. The molecule has 0 saturated carbocycles. The van der Waals surface area contributed by atoms with Crippen LogP contribution in [0.4, 0.5) is 5.69 Å². The van der Waals surface area contributed by atoms with Crippen molar-refractivity contribution in [1.82, 2.24) is 5.32 Å². The summed E-state index contributed by atoms with van der Waals surface area (Å²) in [6.45, 7) is 12.1. The molecule has 1 aromatic carbocycles. The van der Waals surface area contributed by atoms with Crippen LogP contribution in [0.25, 0.3) is 0 Å². The second-order valence-electron chi connectivity index (χ2n) is 6.96. The number of anilines is 1. The first kappa shape index (κ1) is 18.2. The fraction of sp³-hybridized carbons (Fsp3) is 0.556. The largest absolute Gasteiger partial charge is 0.355 e. The van der Waals surface area contributed by atoms with E-state index in [9.17, 15) is 9.59 Å². The molecule has 0 unspecified atom stereocenters. The molecule has 0 aromatic heterocycles. The zero-order valence-corrected chi connectivity index (χ0v) is 14.5. The van der Waals surface area contributed by atoms with Gasteiger partial charge in [-0.05, 0) is 43.4 Å².